The highest BCUT2D eigenvalue weighted by molar-refractivity contribution is 5.99. The van der Waals surface area contributed by atoms with Gasteiger partial charge in [0.05, 0.1) is 37.6 Å². The Morgan fingerprint density at radius 2 is 0.672 bits per heavy atom. The topological polar surface area (TPSA) is 124 Å². The summed E-state index contributed by atoms with van der Waals surface area (Å²) in [5, 5.41) is 1.28. The van der Waals surface area contributed by atoms with Crippen LogP contribution in [0.3, 0.4) is 0 Å². The standard InChI is InChI=1S/C54H68O10/c1-3-51(55)61-41-23-19-15-11-7-5-9-13-17-21-39-59-45-35-31-43(32-36-45)53(57)63-49-29-25-28-48-47(49)27-26-30-50(48)64-54(58)44-33-37-46(38-34-44)60-40-22-18-14-10-6-8-12-16-20-24-42-62-52(56)4-2/h3-4,25-38H,1-2,5-24,39-42H2. The van der Waals surface area contributed by atoms with Gasteiger partial charge < -0.3 is 28.4 Å². The molecule has 0 aliphatic heterocycles. The van der Waals surface area contributed by atoms with Crippen LogP contribution >= 0.6 is 0 Å². The van der Waals surface area contributed by atoms with E-state index in [1.165, 1.54) is 89.2 Å². The monoisotopic (exact) mass is 876 g/mol. The zero-order chi connectivity index (χ0) is 45.5. The minimum atomic E-state index is -0.501. The number of hydrogen-bond donors (Lipinski definition) is 0. The second kappa shape index (κ2) is 31.0. The maximum absolute atomic E-state index is 13.2. The summed E-state index contributed by atoms with van der Waals surface area (Å²) in [6, 6.07) is 24.6. The van der Waals surface area contributed by atoms with Crippen LogP contribution in [0.2, 0.25) is 0 Å². The predicted molar refractivity (Wildman–Crippen MR) is 252 cm³/mol. The zero-order valence-corrected chi connectivity index (χ0v) is 37.7. The van der Waals surface area contributed by atoms with Crippen LogP contribution in [0.1, 0.15) is 149 Å². The summed E-state index contributed by atoms with van der Waals surface area (Å²) >= 11 is 0. The fourth-order valence-corrected chi connectivity index (χ4v) is 7.20. The van der Waals surface area contributed by atoms with E-state index in [1.807, 2.05) is 12.1 Å². The molecule has 0 aliphatic rings. The molecule has 0 aliphatic carbocycles. The molecule has 64 heavy (non-hydrogen) atoms. The molecule has 10 nitrogen and oxygen atoms in total. The Hall–Kier alpha value is -5.90. The summed E-state index contributed by atoms with van der Waals surface area (Å²) in [7, 11) is 0. The van der Waals surface area contributed by atoms with E-state index in [0.29, 0.717) is 71.3 Å². The number of carbonyl (C=O) groups excluding carboxylic acids is 4. The van der Waals surface area contributed by atoms with Gasteiger partial charge in [0.1, 0.15) is 23.0 Å². The van der Waals surface area contributed by atoms with Crippen molar-refractivity contribution < 1.29 is 47.6 Å². The minimum Gasteiger partial charge on any atom is -0.494 e. The van der Waals surface area contributed by atoms with Crippen molar-refractivity contribution >= 4 is 34.6 Å². The van der Waals surface area contributed by atoms with E-state index in [-0.39, 0.29) is 11.9 Å². The number of ether oxygens (including phenoxy) is 6. The molecule has 0 fully saturated rings. The maximum atomic E-state index is 13.2. The number of hydrogen-bond acceptors (Lipinski definition) is 10. The number of unbranched alkanes of at least 4 members (excludes halogenated alkanes) is 18. The molecule has 0 radical (unpaired) electrons. The van der Waals surface area contributed by atoms with Gasteiger partial charge in [-0.2, -0.15) is 0 Å². The molecule has 0 saturated carbocycles. The summed E-state index contributed by atoms with van der Waals surface area (Å²) in [4.78, 5) is 48.4. The Kier molecular flexibility index (Phi) is 24.6. The number of fused-ring (bicyclic) bond motifs is 1. The van der Waals surface area contributed by atoms with Crippen LogP contribution in [-0.4, -0.2) is 50.3 Å². The molecule has 0 unspecified atom stereocenters. The molecular formula is C54H68O10. The molecule has 0 heterocycles. The fourth-order valence-electron chi connectivity index (χ4n) is 7.20. The van der Waals surface area contributed by atoms with Crippen LogP contribution in [0.25, 0.3) is 10.8 Å². The van der Waals surface area contributed by atoms with E-state index in [0.717, 1.165) is 51.4 Å². The first-order chi connectivity index (χ1) is 31.4. The van der Waals surface area contributed by atoms with Gasteiger partial charge in [0.15, 0.2) is 0 Å². The highest BCUT2D eigenvalue weighted by atomic mass is 16.5. The third-order valence-corrected chi connectivity index (χ3v) is 10.9. The van der Waals surface area contributed by atoms with Crippen molar-refractivity contribution in [1.82, 2.24) is 0 Å². The lowest BCUT2D eigenvalue weighted by atomic mass is 10.1. The van der Waals surface area contributed by atoms with Gasteiger partial charge in [-0.3, -0.25) is 0 Å². The molecular weight excluding hydrogens is 809 g/mol. The Morgan fingerprint density at radius 1 is 0.375 bits per heavy atom. The minimum absolute atomic E-state index is 0.350. The lowest BCUT2D eigenvalue weighted by Crippen LogP contribution is -2.10. The molecule has 10 heteroatoms. The van der Waals surface area contributed by atoms with Gasteiger partial charge in [0.2, 0.25) is 0 Å². The zero-order valence-electron chi connectivity index (χ0n) is 37.7. The Morgan fingerprint density at radius 3 is 0.984 bits per heavy atom. The Bertz CT molecular complexity index is 1860. The highest BCUT2D eigenvalue weighted by Gasteiger charge is 2.16. The molecule has 0 N–H and O–H groups in total. The second-order valence-electron chi connectivity index (χ2n) is 15.9. The first-order valence-electron chi connectivity index (χ1n) is 23.4. The van der Waals surface area contributed by atoms with Crippen molar-refractivity contribution in [3.63, 3.8) is 0 Å². The quantitative estimate of drug-likeness (QED) is 0.0194. The maximum Gasteiger partial charge on any atom is 0.343 e. The molecule has 0 aromatic heterocycles. The lowest BCUT2D eigenvalue weighted by molar-refractivity contribution is -0.138. The van der Waals surface area contributed by atoms with Crippen LogP contribution < -0.4 is 18.9 Å². The van der Waals surface area contributed by atoms with Gasteiger partial charge in [-0.05, 0) is 86.3 Å². The number of esters is 4. The van der Waals surface area contributed by atoms with Crippen LogP contribution in [0, 0.1) is 0 Å². The van der Waals surface area contributed by atoms with Crippen molar-refractivity contribution in [2.75, 3.05) is 26.4 Å². The molecule has 344 valence electrons. The molecule has 0 spiro atoms. The smallest absolute Gasteiger partial charge is 0.343 e. The second-order valence-corrected chi connectivity index (χ2v) is 15.9. The van der Waals surface area contributed by atoms with E-state index in [2.05, 4.69) is 13.2 Å². The Labute approximate surface area is 380 Å². The lowest BCUT2D eigenvalue weighted by Gasteiger charge is -2.12. The van der Waals surface area contributed by atoms with E-state index in [9.17, 15) is 19.2 Å². The van der Waals surface area contributed by atoms with E-state index in [4.69, 9.17) is 28.4 Å². The summed E-state index contributed by atoms with van der Waals surface area (Å²) in [6.45, 7) is 8.98. The molecule has 4 rings (SSSR count). The molecule has 4 aromatic carbocycles. The third-order valence-electron chi connectivity index (χ3n) is 10.9. The largest absolute Gasteiger partial charge is 0.494 e. The first-order valence-corrected chi connectivity index (χ1v) is 23.4. The van der Waals surface area contributed by atoms with Gasteiger partial charge in [0.25, 0.3) is 0 Å². The van der Waals surface area contributed by atoms with E-state index in [1.54, 1.807) is 72.8 Å². The summed E-state index contributed by atoms with van der Waals surface area (Å²) in [6.07, 6.45) is 25.0. The molecule has 0 bridgehead atoms. The average Bonchev–Trinajstić information content (AvgIpc) is 3.32. The highest BCUT2D eigenvalue weighted by Crippen LogP contribution is 2.33. The summed E-state index contributed by atoms with van der Waals surface area (Å²) in [5.41, 5.74) is 0.793. The van der Waals surface area contributed by atoms with Crippen LogP contribution in [0.5, 0.6) is 23.0 Å². The number of carbonyl (C=O) groups is 4. The third kappa shape index (κ3) is 20.1. The van der Waals surface area contributed by atoms with Gasteiger partial charge in [-0.25, -0.2) is 19.2 Å². The van der Waals surface area contributed by atoms with Crippen LogP contribution in [-0.2, 0) is 19.1 Å². The summed E-state index contributed by atoms with van der Waals surface area (Å²) in [5.74, 6) is 0.429. The average molecular weight is 877 g/mol. The van der Waals surface area contributed by atoms with E-state index >= 15 is 0 Å². The number of benzene rings is 4. The fraction of sp³-hybridized carbons (Fsp3) is 0.444. The molecule has 0 amide bonds. The predicted octanol–water partition coefficient (Wildman–Crippen LogP) is 13.3. The summed E-state index contributed by atoms with van der Waals surface area (Å²) < 4.78 is 33.5. The van der Waals surface area contributed by atoms with Gasteiger partial charge in [0, 0.05) is 22.9 Å². The van der Waals surface area contributed by atoms with Crippen molar-refractivity contribution in [2.24, 2.45) is 0 Å². The van der Waals surface area contributed by atoms with Gasteiger partial charge in [-0.1, -0.05) is 140 Å². The normalized spacial score (nSPS) is 10.8. The van der Waals surface area contributed by atoms with Gasteiger partial charge >= 0.3 is 23.9 Å². The molecule has 0 atom stereocenters. The van der Waals surface area contributed by atoms with E-state index < -0.39 is 11.9 Å². The van der Waals surface area contributed by atoms with Crippen LogP contribution in [0.15, 0.2) is 110 Å². The van der Waals surface area contributed by atoms with Gasteiger partial charge in [-0.15, -0.1) is 0 Å². The molecule has 0 saturated heterocycles. The number of rotatable bonds is 34. The Balaban J connectivity index is 1.08. The van der Waals surface area contributed by atoms with Crippen molar-refractivity contribution in [2.45, 2.75) is 128 Å². The van der Waals surface area contributed by atoms with Crippen molar-refractivity contribution in [3.8, 4) is 23.0 Å². The molecule has 4 aromatic rings. The van der Waals surface area contributed by atoms with Crippen molar-refractivity contribution in [3.05, 3.63) is 121 Å². The SMILES string of the molecule is C=CC(=O)OCCCCCCCCCCCCOc1ccc(C(=O)Oc2cccc3c(OC(=O)c4ccc(OCCCCCCCCCCCCOC(=O)C=C)cc4)cccc23)cc1. The first kappa shape index (κ1) is 50.7. The van der Waals surface area contributed by atoms with Crippen molar-refractivity contribution in [1.29, 1.82) is 0 Å². The van der Waals surface area contributed by atoms with Crippen LogP contribution in [0.4, 0.5) is 0 Å².